The van der Waals surface area contributed by atoms with Gasteiger partial charge in [0.15, 0.2) is 5.69 Å². The maximum atomic E-state index is 12.4. The van der Waals surface area contributed by atoms with E-state index in [2.05, 4.69) is 5.10 Å². The van der Waals surface area contributed by atoms with Crippen LogP contribution in [-0.2, 0) is 4.79 Å². The van der Waals surface area contributed by atoms with Gasteiger partial charge in [-0.15, -0.1) is 0 Å². The first-order valence-corrected chi connectivity index (χ1v) is 6.63. The number of aromatic nitrogens is 2. The lowest BCUT2D eigenvalue weighted by molar-refractivity contribution is -0.138. The molecule has 1 heterocycles. The van der Waals surface area contributed by atoms with Crippen molar-refractivity contribution in [3.05, 3.63) is 48.3 Å². The minimum Gasteiger partial charge on any atom is -0.480 e. The number of amides is 1. The molecule has 0 saturated heterocycles. The fourth-order valence-corrected chi connectivity index (χ4v) is 1.94. The summed E-state index contributed by atoms with van der Waals surface area (Å²) in [6.45, 7) is 3.21. The number of nitrogens with zero attached hydrogens (tertiary/aromatic N) is 3. The molecule has 0 fully saturated rings. The molecule has 6 nitrogen and oxygen atoms in total. The third kappa shape index (κ3) is 3.47. The quantitative estimate of drug-likeness (QED) is 0.910. The Kier molecular flexibility index (Phi) is 4.37. The normalized spacial score (nSPS) is 10.6. The number of hydrogen-bond acceptors (Lipinski definition) is 3. The van der Waals surface area contributed by atoms with Gasteiger partial charge < -0.3 is 10.0 Å². The van der Waals surface area contributed by atoms with Crippen LogP contribution >= 0.6 is 0 Å². The number of benzene rings is 1. The molecule has 0 saturated carbocycles. The molecule has 21 heavy (non-hydrogen) atoms. The Morgan fingerprint density at radius 3 is 2.48 bits per heavy atom. The Balaban J connectivity index is 2.23. The molecule has 1 aromatic carbocycles. The van der Waals surface area contributed by atoms with Crippen molar-refractivity contribution < 1.29 is 14.7 Å². The molecule has 1 amide bonds. The lowest BCUT2D eigenvalue weighted by atomic mass is 10.2. The summed E-state index contributed by atoms with van der Waals surface area (Å²) in [6.07, 6.45) is 1.68. The summed E-state index contributed by atoms with van der Waals surface area (Å²) in [4.78, 5) is 24.5. The predicted molar refractivity (Wildman–Crippen MR) is 77.4 cm³/mol. The molecule has 0 bridgehead atoms. The maximum absolute atomic E-state index is 12.4. The monoisotopic (exact) mass is 287 g/mol. The summed E-state index contributed by atoms with van der Waals surface area (Å²) in [6, 6.07) is 10.8. The van der Waals surface area contributed by atoms with Gasteiger partial charge in [0.1, 0.15) is 6.54 Å². The summed E-state index contributed by atoms with van der Waals surface area (Å²) in [5.74, 6) is -1.43. The van der Waals surface area contributed by atoms with E-state index in [9.17, 15) is 9.59 Å². The zero-order chi connectivity index (χ0) is 15.4. The van der Waals surface area contributed by atoms with Crippen molar-refractivity contribution in [1.29, 1.82) is 0 Å². The van der Waals surface area contributed by atoms with Crippen molar-refractivity contribution in [1.82, 2.24) is 14.7 Å². The summed E-state index contributed by atoms with van der Waals surface area (Å²) in [7, 11) is 0. The van der Waals surface area contributed by atoms with Crippen LogP contribution in [0.25, 0.3) is 5.69 Å². The van der Waals surface area contributed by atoms with Gasteiger partial charge in [0.05, 0.1) is 5.69 Å². The van der Waals surface area contributed by atoms with E-state index < -0.39 is 5.97 Å². The molecular weight excluding hydrogens is 270 g/mol. The van der Waals surface area contributed by atoms with Crippen LogP contribution in [-0.4, -0.2) is 44.3 Å². The van der Waals surface area contributed by atoms with Gasteiger partial charge in [0.25, 0.3) is 5.91 Å². The molecule has 0 aliphatic rings. The molecule has 0 aliphatic heterocycles. The van der Waals surface area contributed by atoms with E-state index in [1.54, 1.807) is 30.8 Å². The first kappa shape index (κ1) is 14.8. The minimum atomic E-state index is -1.04. The van der Waals surface area contributed by atoms with Gasteiger partial charge in [0.2, 0.25) is 0 Å². The standard InChI is InChI=1S/C15H17N3O3/c1-11(2)17(10-14(19)20)15(21)13-8-9-18(16-13)12-6-4-3-5-7-12/h3-9,11H,10H2,1-2H3,(H,19,20). The molecule has 0 spiro atoms. The summed E-state index contributed by atoms with van der Waals surface area (Å²) in [5.41, 5.74) is 1.07. The molecule has 2 aromatic rings. The van der Waals surface area contributed by atoms with E-state index in [0.29, 0.717) is 0 Å². The van der Waals surface area contributed by atoms with Crippen molar-refractivity contribution in [3.8, 4) is 5.69 Å². The summed E-state index contributed by atoms with van der Waals surface area (Å²) >= 11 is 0. The van der Waals surface area contributed by atoms with Gasteiger partial charge in [0, 0.05) is 12.2 Å². The number of carbonyl (C=O) groups is 2. The van der Waals surface area contributed by atoms with Crippen LogP contribution in [0.15, 0.2) is 42.6 Å². The second-order valence-corrected chi connectivity index (χ2v) is 4.90. The molecule has 0 radical (unpaired) electrons. The van der Waals surface area contributed by atoms with E-state index in [-0.39, 0.29) is 24.2 Å². The highest BCUT2D eigenvalue weighted by Gasteiger charge is 2.23. The Morgan fingerprint density at radius 2 is 1.90 bits per heavy atom. The smallest absolute Gasteiger partial charge is 0.323 e. The van der Waals surface area contributed by atoms with Crippen molar-refractivity contribution in [2.45, 2.75) is 19.9 Å². The van der Waals surface area contributed by atoms with Crippen LogP contribution in [0.2, 0.25) is 0 Å². The van der Waals surface area contributed by atoms with Gasteiger partial charge in [-0.25, -0.2) is 4.68 Å². The molecule has 0 atom stereocenters. The molecular formula is C15H17N3O3. The largest absolute Gasteiger partial charge is 0.480 e. The predicted octanol–water partition coefficient (Wildman–Crippen LogP) is 1.81. The summed E-state index contributed by atoms with van der Waals surface area (Å²) < 4.78 is 1.59. The van der Waals surface area contributed by atoms with Gasteiger partial charge in [-0.2, -0.15) is 5.10 Å². The first-order valence-electron chi connectivity index (χ1n) is 6.63. The van der Waals surface area contributed by atoms with Gasteiger partial charge in [-0.1, -0.05) is 18.2 Å². The average Bonchev–Trinajstić information content (AvgIpc) is 2.94. The first-order chi connectivity index (χ1) is 9.99. The van der Waals surface area contributed by atoms with Gasteiger partial charge in [-0.05, 0) is 32.0 Å². The average molecular weight is 287 g/mol. The van der Waals surface area contributed by atoms with Crippen LogP contribution in [0, 0.1) is 0 Å². The Morgan fingerprint density at radius 1 is 1.24 bits per heavy atom. The second kappa shape index (κ2) is 6.21. The number of hydrogen-bond donors (Lipinski definition) is 1. The Bertz CT molecular complexity index is 635. The van der Waals surface area contributed by atoms with E-state index in [0.717, 1.165) is 5.69 Å². The number of carboxylic acid groups (broad SMARTS) is 1. The van der Waals surface area contributed by atoms with Crippen molar-refractivity contribution in [2.24, 2.45) is 0 Å². The fourth-order valence-electron chi connectivity index (χ4n) is 1.94. The zero-order valence-corrected chi connectivity index (χ0v) is 11.9. The highest BCUT2D eigenvalue weighted by Crippen LogP contribution is 2.10. The third-order valence-electron chi connectivity index (χ3n) is 3.02. The zero-order valence-electron chi connectivity index (χ0n) is 11.9. The number of rotatable bonds is 5. The van der Waals surface area contributed by atoms with E-state index in [1.165, 1.54) is 4.90 Å². The maximum Gasteiger partial charge on any atom is 0.323 e. The minimum absolute atomic E-state index is 0.213. The van der Waals surface area contributed by atoms with E-state index in [1.807, 2.05) is 30.3 Å². The van der Waals surface area contributed by atoms with Crippen LogP contribution < -0.4 is 0 Å². The van der Waals surface area contributed by atoms with Crippen molar-refractivity contribution in [2.75, 3.05) is 6.54 Å². The van der Waals surface area contributed by atoms with Crippen LogP contribution in [0.4, 0.5) is 0 Å². The van der Waals surface area contributed by atoms with Crippen molar-refractivity contribution in [3.63, 3.8) is 0 Å². The van der Waals surface area contributed by atoms with Crippen LogP contribution in [0.3, 0.4) is 0 Å². The fraction of sp³-hybridized carbons (Fsp3) is 0.267. The van der Waals surface area contributed by atoms with Crippen LogP contribution in [0.5, 0.6) is 0 Å². The molecule has 2 rings (SSSR count). The molecule has 6 heteroatoms. The molecule has 1 aromatic heterocycles. The van der Waals surface area contributed by atoms with E-state index in [4.69, 9.17) is 5.11 Å². The Hall–Kier alpha value is -2.63. The molecule has 1 N–H and O–H groups in total. The number of para-hydroxylation sites is 1. The molecule has 0 unspecified atom stereocenters. The number of carbonyl (C=O) groups excluding carboxylic acids is 1. The topological polar surface area (TPSA) is 75.4 Å². The highest BCUT2D eigenvalue weighted by atomic mass is 16.4. The summed E-state index contributed by atoms with van der Waals surface area (Å²) in [5, 5.41) is 13.1. The molecule has 110 valence electrons. The van der Waals surface area contributed by atoms with Crippen LogP contribution in [0.1, 0.15) is 24.3 Å². The highest BCUT2D eigenvalue weighted by molar-refractivity contribution is 5.94. The number of aliphatic carboxylic acids is 1. The third-order valence-corrected chi connectivity index (χ3v) is 3.02. The Labute approximate surface area is 122 Å². The van der Waals surface area contributed by atoms with Crippen molar-refractivity contribution >= 4 is 11.9 Å². The second-order valence-electron chi connectivity index (χ2n) is 4.90. The number of carboxylic acids is 1. The van der Waals surface area contributed by atoms with E-state index >= 15 is 0 Å². The molecule has 0 aliphatic carbocycles. The SMILES string of the molecule is CC(C)N(CC(=O)O)C(=O)c1ccn(-c2ccccc2)n1. The lowest BCUT2D eigenvalue weighted by Crippen LogP contribution is -2.40. The van der Waals surface area contributed by atoms with Gasteiger partial charge >= 0.3 is 5.97 Å². The van der Waals surface area contributed by atoms with Gasteiger partial charge in [-0.3, -0.25) is 9.59 Å². The lowest BCUT2D eigenvalue weighted by Gasteiger charge is -2.23.